The topological polar surface area (TPSA) is 98.0 Å². The lowest BCUT2D eigenvalue weighted by atomic mass is 9.93. The lowest BCUT2D eigenvalue weighted by Crippen LogP contribution is -2.13. The molecule has 1 atom stereocenters. The summed E-state index contributed by atoms with van der Waals surface area (Å²) in [5.74, 6) is 0.122. The Labute approximate surface area is 122 Å². The SMILES string of the molecule is CC(Cc1cc(O)ccc1P(=O)(O)O)c1ccc(O)cc1. The average molecular weight is 308 g/mol. The van der Waals surface area contributed by atoms with Crippen LogP contribution in [0.4, 0.5) is 0 Å². The summed E-state index contributed by atoms with van der Waals surface area (Å²) >= 11 is 0. The van der Waals surface area contributed by atoms with Crippen molar-refractivity contribution in [3.63, 3.8) is 0 Å². The molecule has 0 amide bonds. The molecule has 0 aliphatic heterocycles. The van der Waals surface area contributed by atoms with Crippen molar-refractivity contribution in [3.8, 4) is 11.5 Å². The third-order valence-corrected chi connectivity index (χ3v) is 4.43. The van der Waals surface area contributed by atoms with Gasteiger partial charge in [0.15, 0.2) is 0 Å². The first-order valence-corrected chi connectivity index (χ1v) is 8.05. The highest BCUT2D eigenvalue weighted by molar-refractivity contribution is 7.60. The molecule has 1 unspecified atom stereocenters. The molecule has 112 valence electrons. The van der Waals surface area contributed by atoms with E-state index in [1.165, 1.54) is 18.2 Å². The second kappa shape index (κ2) is 5.90. The van der Waals surface area contributed by atoms with E-state index in [1.54, 1.807) is 24.3 Å². The van der Waals surface area contributed by atoms with Gasteiger partial charge < -0.3 is 20.0 Å². The number of aromatic hydroxyl groups is 2. The van der Waals surface area contributed by atoms with E-state index in [-0.39, 0.29) is 22.7 Å². The van der Waals surface area contributed by atoms with Gasteiger partial charge in [-0.15, -0.1) is 0 Å². The van der Waals surface area contributed by atoms with Crippen LogP contribution in [0.15, 0.2) is 42.5 Å². The van der Waals surface area contributed by atoms with Crippen LogP contribution < -0.4 is 5.30 Å². The summed E-state index contributed by atoms with van der Waals surface area (Å²) in [4.78, 5) is 18.8. The second-order valence-corrected chi connectivity index (χ2v) is 6.62. The number of benzene rings is 2. The molecule has 0 heterocycles. The summed E-state index contributed by atoms with van der Waals surface area (Å²) in [6.07, 6.45) is 0.375. The van der Waals surface area contributed by atoms with Crippen molar-refractivity contribution in [2.24, 2.45) is 0 Å². The predicted octanol–water partition coefficient (Wildman–Crippen LogP) is 2.25. The first-order chi connectivity index (χ1) is 9.77. The van der Waals surface area contributed by atoms with Gasteiger partial charge in [-0.3, -0.25) is 4.57 Å². The Morgan fingerprint density at radius 1 is 1.00 bits per heavy atom. The minimum atomic E-state index is -4.38. The van der Waals surface area contributed by atoms with E-state index in [1.807, 2.05) is 6.92 Å². The maximum atomic E-state index is 11.5. The molecule has 0 fully saturated rings. The molecule has 2 rings (SSSR count). The second-order valence-electron chi connectivity index (χ2n) is 5.05. The summed E-state index contributed by atoms with van der Waals surface area (Å²) in [7, 11) is -4.38. The van der Waals surface area contributed by atoms with Gasteiger partial charge in [-0.05, 0) is 53.8 Å². The van der Waals surface area contributed by atoms with Crippen molar-refractivity contribution >= 4 is 12.9 Å². The Hall–Kier alpha value is -1.81. The Morgan fingerprint density at radius 2 is 1.57 bits per heavy atom. The highest BCUT2D eigenvalue weighted by atomic mass is 31.2. The first-order valence-electron chi connectivity index (χ1n) is 6.44. The Kier molecular flexibility index (Phi) is 4.37. The monoisotopic (exact) mass is 308 g/mol. The Morgan fingerprint density at radius 3 is 2.14 bits per heavy atom. The van der Waals surface area contributed by atoms with E-state index >= 15 is 0 Å². The fourth-order valence-corrected chi connectivity index (χ4v) is 3.07. The average Bonchev–Trinajstić information content (AvgIpc) is 2.38. The van der Waals surface area contributed by atoms with Crippen LogP contribution in [0.5, 0.6) is 11.5 Å². The van der Waals surface area contributed by atoms with Crippen molar-refractivity contribution in [2.45, 2.75) is 19.3 Å². The van der Waals surface area contributed by atoms with Crippen LogP contribution in [0.25, 0.3) is 0 Å². The molecule has 2 aromatic carbocycles. The highest BCUT2D eigenvalue weighted by Crippen LogP contribution is 2.37. The van der Waals surface area contributed by atoms with Crippen LogP contribution in [0.2, 0.25) is 0 Å². The van der Waals surface area contributed by atoms with Gasteiger partial charge in [0, 0.05) is 0 Å². The zero-order chi connectivity index (χ0) is 15.6. The molecule has 4 N–H and O–H groups in total. The van der Waals surface area contributed by atoms with Crippen LogP contribution >= 0.6 is 7.60 Å². The molecule has 0 aliphatic carbocycles. The van der Waals surface area contributed by atoms with E-state index in [0.717, 1.165) is 5.56 Å². The number of phenolic OH excluding ortho intramolecular Hbond substituents is 2. The maximum absolute atomic E-state index is 11.5. The van der Waals surface area contributed by atoms with Gasteiger partial charge in [-0.1, -0.05) is 19.1 Å². The highest BCUT2D eigenvalue weighted by Gasteiger charge is 2.23. The molecule has 0 spiro atoms. The van der Waals surface area contributed by atoms with Crippen molar-refractivity contribution < 1.29 is 24.6 Å². The van der Waals surface area contributed by atoms with E-state index in [9.17, 15) is 24.6 Å². The molecule has 0 saturated carbocycles. The molecule has 5 nitrogen and oxygen atoms in total. The molecular weight excluding hydrogens is 291 g/mol. The number of hydrogen-bond acceptors (Lipinski definition) is 3. The van der Waals surface area contributed by atoms with Gasteiger partial charge in [0.25, 0.3) is 0 Å². The molecule has 0 aromatic heterocycles. The standard InChI is InChI=1S/C15H17O5P/c1-10(11-2-4-13(16)5-3-11)8-12-9-14(17)6-7-15(12)21(18,19)20/h2-7,9-10,16-17H,8H2,1H3,(H2,18,19,20). The van der Waals surface area contributed by atoms with E-state index in [0.29, 0.717) is 12.0 Å². The molecule has 6 heteroatoms. The molecule has 0 radical (unpaired) electrons. The minimum absolute atomic E-state index is 0.0160. The van der Waals surface area contributed by atoms with Gasteiger partial charge in [0.1, 0.15) is 11.5 Å². The fraction of sp³-hybridized carbons (Fsp3) is 0.200. The van der Waals surface area contributed by atoms with Gasteiger partial charge in [-0.25, -0.2) is 0 Å². The van der Waals surface area contributed by atoms with Crippen LogP contribution in [0.1, 0.15) is 24.0 Å². The van der Waals surface area contributed by atoms with Crippen LogP contribution in [-0.4, -0.2) is 20.0 Å². The number of hydrogen-bond donors (Lipinski definition) is 4. The predicted molar refractivity (Wildman–Crippen MR) is 80.0 cm³/mol. The number of rotatable bonds is 4. The lowest BCUT2D eigenvalue weighted by molar-refractivity contribution is 0.387. The van der Waals surface area contributed by atoms with Gasteiger partial charge in [0.2, 0.25) is 0 Å². The third-order valence-electron chi connectivity index (χ3n) is 3.37. The minimum Gasteiger partial charge on any atom is -0.508 e. The summed E-state index contributed by atoms with van der Waals surface area (Å²) < 4.78 is 11.5. The van der Waals surface area contributed by atoms with Gasteiger partial charge >= 0.3 is 7.60 Å². The van der Waals surface area contributed by atoms with Crippen LogP contribution in [-0.2, 0) is 11.0 Å². The zero-order valence-corrected chi connectivity index (χ0v) is 12.4. The first kappa shape index (κ1) is 15.6. The van der Waals surface area contributed by atoms with E-state index in [2.05, 4.69) is 0 Å². The van der Waals surface area contributed by atoms with Crippen LogP contribution in [0, 0.1) is 0 Å². The van der Waals surface area contributed by atoms with Crippen molar-refractivity contribution in [1.29, 1.82) is 0 Å². The zero-order valence-electron chi connectivity index (χ0n) is 11.5. The quantitative estimate of drug-likeness (QED) is 0.649. The van der Waals surface area contributed by atoms with Crippen molar-refractivity contribution in [2.75, 3.05) is 0 Å². The van der Waals surface area contributed by atoms with E-state index in [4.69, 9.17) is 0 Å². The normalized spacial score (nSPS) is 13.1. The van der Waals surface area contributed by atoms with Crippen LogP contribution in [0.3, 0.4) is 0 Å². The summed E-state index contributed by atoms with van der Waals surface area (Å²) in [6, 6.07) is 10.6. The maximum Gasteiger partial charge on any atom is 0.356 e. The summed E-state index contributed by atoms with van der Waals surface area (Å²) in [6.45, 7) is 1.92. The largest absolute Gasteiger partial charge is 0.508 e. The summed E-state index contributed by atoms with van der Waals surface area (Å²) in [5, 5.41) is 18.8. The molecular formula is C15H17O5P. The summed E-state index contributed by atoms with van der Waals surface area (Å²) in [5.41, 5.74) is 1.36. The molecule has 0 bridgehead atoms. The smallest absolute Gasteiger partial charge is 0.356 e. The molecule has 0 saturated heterocycles. The molecule has 0 aliphatic rings. The van der Waals surface area contributed by atoms with Crippen molar-refractivity contribution in [3.05, 3.63) is 53.6 Å². The Balaban J connectivity index is 2.32. The van der Waals surface area contributed by atoms with Gasteiger partial charge in [0.05, 0.1) is 5.30 Å². The third kappa shape index (κ3) is 3.85. The Bertz CT molecular complexity index is 675. The van der Waals surface area contributed by atoms with E-state index < -0.39 is 7.60 Å². The fourth-order valence-electron chi connectivity index (χ4n) is 2.27. The molecule has 2 aromatic rings. The van der Waals surface area contributed by atoms with Crippen molar-refractivity contribution in [1.82, 2.24) is 0 Å². The van der Waals surface area contributed by atoms with Gasteiger partial charge in [-0.2, -0.15) is 0 Å². The lowest BCUT2D eigenvalue weighted by Gasteiger charge is -2.16. The molecule has 21 heavy (non-hydrogen) atoms. The number of phenols is 2.